The van der Waals surface area contributed by atoms with E-state index in [0.29, 0.717) is 5.92 Å². The normalized spacial score (nSPS) is 26.5. The summed E-state index contributed by atoms with van der Waals surface area (Å²) >= 11 is 2.08. The minimum atomic E-state index is 0.544. The van der Waals surface area contributed by atoms with Crippen molar-refractivity contribution in [2.45, 2.75) is 31.7 Å². The summed E-state index contributed by atoms with van der Waals surface area (Å²) in [4.78, 5) is 9.54. The van der Waals surface area contributed by atoms with Crippen LogP contribution >= 0.6 is 11.8 Å². The molecule has 21 heavy (non-hydrogen) atoms. The van der Waals surface area contributed by atoms with Crippen molar-refractivity contribution in [3.05, 3.63) is 24.2 Å². The number of hydrogen-bond donors (Lipinski definition) is 1. The third-order valence-corrected chi connectivity index (χ3v) is 5.89. The van der Waals surface area contributed by atoms with Crippen molar-refractivity contribution in [1.29, 1.82) is 0 Å². The molecule has 0 aromatic carbocycles. The predicted octanol–water partition coefficient (Wildman–Crippen LogP) is 2.65. The van der Waals surface area contributed by atoms with Crippen molar-refractivity contribution in [3.63, 3.8) is 0 Å². The Hall–Kier alpha value is -1.07. The summed E-state index contributed by atoms with van der Waals surface area (Å²) in [6, 6.07) is 4.09. The van der Waals surface area contributed by atoms with Gasteiger partial charge in [0.1, 0.15) is 11.3 Å². The Morgan fingerprint density at radius 3 is 3.19 bits per heavy atom. The fourth-order valence-corrected chi connectivity index (χ4v) is 4.80. The van der Waals surface area contributed by atoms with Gasteiger partial charge >= 0.3 is 0 Å². The lowest BCUT2D eigenvalue weighted by molar-refractivity contribution is 0.415. The number of aromatic nitrogens is 3. The number of fused-ring (bicyclic) bond motifs is 1. The molecule has 0 bridgehead atoms. The van der Waals surface area contributed by atoms with Crippen LogP contribution in [0.3, 0.4) is 0 Å². The van der Waals surface area contributed by atoms with Gasteiger partial charge in [-0.2, -0.15) is 11.8 Å². The summed E-state index contributed by atoms with van der Waals surface area (Å²) in [5, 5.41) is 3.52. The first kappa shape index (κ1) is 13.6. The standard InChI is InChI=1S/C16H22N4S/c1-3-13(9-17-6-1)15-19-14-4-2-7-18-16(14)20(15)10-12-5-8-21-11-12/h2,4,7,12-13,17H,1,3,5-6,8-11H2. The maximum atomic E-state index is 4.93. The Bertz CT molecular complexity index is 612. The first-order valence-electron chi connectivity index (χ1n) is 8.01. The number of piperidine rings is 1. The number of imidazole rings is 1. The first-order valence-corrected chi connectivity index (χ1v) is 9.17. The van der Waals surface area contributed by atoms with Gasteiger partial charge in [-0.05, 0) is 55.4 Å². The maximum absolute atomic E-state index is 4.93. The Labute approximate surface area is 129 Å². The molecule has 0 aliphatic carbocycles. The van der Waals surface area contributed by atoms with Crippen LogP contribution in [0.15, 0.2) is 18.3 Å². The monoisotopic (exact) mass is 302 g/mol. The molecule has 2 aromatic heterocycles. The lowest BCUT2D eigenvalue weighted by atomic mass is 9.98. The van der Waals surface area contributed by atoms with E-state index < -0.39 is 0 Å². The van der Waals surface area contributed by atoms with Crippen LogP contribution in [-0.4, -0.2) is 39.1 Å². The Morgan fingerprint density at radius 1 is 1.38 bits per heavy atom. The molecular weight excluding hydrogens is 280 g/mol. The minimum absolute atomic E-state index is 0.544. The van der Waals surface area contributed by atoms with E-state index in [1.54, 1.807) is 0 Å². The first-order chi connectivity index (χ1) is 10.4. The Balaban J connectivity index is 1.72. The lowest BCUT2D eigenvalue weighted by Gasteiger charge is -2.24. The molecule has 112 valence electrons. The van der Waals surface area contributed by atoms with E-state index in [1.807, 2.05) is 12.3 Å². The van der Waals surface area contributed by atoms with E-state index in [-0.39, 0.29) is 0 Å². The molecule has 4 rings (SSSR count). The molecule has 2 aliphatic rings. The summed E-state index contributed by atoms with van der Waals surface area (Å²) in [6.07, 6.45) is 5.72. The summed E-state index contributed by atoms with van der Waals surface area (Å²) in [5.41, 5.74) is 2.14. The quantitative estimate of drug-likeness (QED) is 0.946. The smallest absolute Gasteiger partial charge is 0.160 e. The highest BCUT2D eigenvalue weighted by Gasteiger charge is 2.25. The zero-order valence-electron chi connectivity index (χ0n) is 12.3. The zero-order valence-corrected chi connectivity index (χ0v) is 13.1. The SMILES string of the molecule is c1cnc2c(c1)nc(C1CCCNC1)n2CC1CCSC1. The average Bonchev–Trinajstić information content (AvgIpc) is 3.17. The third kappa shape index (κ3) is 2.69. The van der Waals surface area contributed by atoms with Gasteiger partial charge in [0, 0.05) is 25.2 Å². The van der Waals surface area contributed by atoms with Crippen molar-refractivity contribution in [2.75, 3.05) is 24.6 Å². The molecule has 2 atom stereocenters. The Kier molecular flexibility index (Phi) is 3.86. The summed E-state index contributed by atoms with van der Waals surface area (Å²) in [7, 11) is 0. The van der Waals surface area contributed by atoms with Crippen molar-refractivity contribution in [3.8, 4) is 0 Å². The topological polar surface area (TPSA) is 42.7 Å². The second-order valence-electron chi connectivity index (χ2n) is 6.20. The van der Waals surface area contributed by atoms with E-state index in [0.717, 1.165) is 36.7 Å². The number of rotatable bonds is 3. The molecule has 4 nitrogen and oxygen atoms in total. The van der Waals surface area contributed by atoms with Gasteiger partial charge in [-0.1, -0.05) is 0 Å². The van der Waals surface area contributed by atoms with Gasteiger partial charge in [0.25, 0.3) is 0 Å². The molecule has 2 unspecified atom stereocenters. The second-order valence-corrected chi connectivity index (χ2v) is 7.35. The van der Waals surface area contributed by atoms with E-state index in [9.17, 15) is 0 Å². The van der Waals surface area contributed by atoms with Crippen molar-refractivity contribution in [1.82, 2.24) is 19.9 Å². The van der Waals surface area contributed by atoms with E-state index in [2.05, 4.69) is 32.7 Å². The largest absolute Gasteiger partial charge is 0.316 e. The van der Waals surface area contributed by atoms with Crippen LogP contribution in [0.2, 0.25) is 0 Å². The van der Waals surface area contributed by atoms with Crippen LogP contribution in [0.25, 0.3) is 11.2 Å². The average molecular weight is 302 g/mol. The van der Waals surface area contributed by atoms with Crippen LogP contribution in [0.5, 0.6) is 0 Å². The van der Waals surface area contributed by atoms with E-state index >= 15 is 0 Å². The highest BCUT2D eigenvalue weighted by atomic mass is 32.2. The number of thioether (sulfide) groups is 1. The predicted molar refractivity (Wildman–Crippen MR) is 87.8 cm³/mol. The highest BCUT2D eigenvalue weighted by molar-refractivity contribution is 7.99. The van der Waals surface area contributed by atoms with Crippen LogP contribution in [-0.2, 0) is 6.54 Å². The molecule has 1 N–H and O–H groups in total. The number of hydrogen-bond acceptors (Lipinski definition) is 4. The van der Waals surface area contributed by atoms with Gasteiger partial charge in [0.05, 0.1) is 0 Å². The highest BCUT2D eigenvalue weighted by Crippen LogP contribution is 2.30. The fraction of sp³-hybridized carbons (Fsp3) is 0.625. The second kappa shape index (κ2) is 5.97. The van der Waals surface area contributed by atoms with Crippen LogP contribution in [0.1, 0.15) is 31.0 Å². The van der Waals surface area contributed by atoms with Crippen molar-refractivity contribution in [2.24, 2.45) is 5.92 Å². The van der Waals surface area contributed by atoms with E-state index in [4.69, 9.17) is 4.98 Å². The van der Waals surface area contributed by atoms with Crippen molar-refractivity contribution >= 4 is 22.9 Å². The molecule has 2 fully saturated rings. The summed E-state index contributed by atoms with van der Waals surface area (Å²) in [6.45, 7) is 3.29. The van der Waals surface area contributed by atoms with Gasteiger partial charge in [0.2, 0.25) is 0 Å². The summed E-state index contributed by atoms with van der Waals surface area (Å²) in [5.74, 6) is 5.18. The van der Waals surface area contributed by atoms with Gasteiger partial charge in [0.15, 0.2) is 5.65 Å². The maximum Gasteiger partial charge on any atom is 0.160 e. The van der Waals surface area contributed by atoms with Crippen LogP contribution in [0.4, 0.5) is 0 Å². The molecule has 2 aliphatic heterocycles. The third-order valence-electron chi connectivity index (χ3n) is 4.66. The molecule has 5 heteroatoms. The zero-order chi connectivity index (χ0) is 14.1. The number of pyridine rings is 1. The van der Waals surface area contributed by atoms with Gasteiger partial charge in [-0.15, -0.1) is 0 Å². The van der Waals surface area contributed by atoms with Crippen molar-refractivity contribution < 1.29 is 0 Å². The number of nitrogens with one attached hydrogen (secondary N) is 1. The number of nitrogens with zero attached hydrogens (tertiary/aromatic N) is 3. The molecule has 0 spiro atoms. The van der Waals surface area contributed by atoms with Gasteiger partial charge in [-0.25, -0.2) is 9.97 Å². The van der Waals surface area contributed by atoms with Gasteiger partial charge < -0.3 is 9.88 Å². The Morgan fingerprint density at radius 2 is 2.38 bits per heavy atom. The molecule has 0 amide bonds. The molecule has 2 saturated heterocycles. The van der Waals surface area contributed by atoms with Gasteiger partial charge in [-0.3, -0.25) is 0 Å². The van der Waals surface area contributed by atoms with Crippen LogP contribution < -0.4 is 5.32 Å². The summed E-state index contributed by atoms with van der Waals surface area (Å²) < 4.78 is 2.42. The lowest BCUT2D eigenvalue weighted by Crippen LogP contribution is -2.30. The molecule has 4 heterocycles. The van der Waals surface area contributed by atoms with Crippen LogP contribution in [0, 0.1) is 5.92 Å². The van der Waals surface area contributed by atoms with E-state index in [1.165, 1.54) is 36.6 Å². The fourth-order valence-electron chi connectivity index (χ4n) is 3.53. The molecular formula is C16H22N4S. The minimum Gasteiger partial charge on any atom is -0.316 e. The molecule has 0 saturated carbocycles. The molecule has 0 radical (unpaired) electrons. The molecule has 2 aromatic rings.